The van der Waals surface area contributed by atoms with Crippen LogP contribution in [0.2, 0.25) is 5.02 Å². The topological polar surface area (TPSA) is 67.8 Å². The second-order valence-corrected chi connectivity index (χ2v) is 7.17. The van der Waals surface area contributed by atoms with Crippen molar-refractivity contribution in [3.63, 3.8) is 0 Å². The van der Waals surface area contributed by atoms with E-state index in [1.54, 1.807) is 13.2 Å². The molecule has 1 aliphatic rings. The molecule has 0 saturated carbocycles. The molecule has 0 radical (unpaired) electrons. The zero-order valence-electron chi connectivity index (χ0n) is 14.3. The van der Waals surface area contributed by atoms with E-state index >= 15 is 0 Å². The van der Waals surface area contributed by atoms with Crippen molar-refractivity contribution in [3.8, 4) is 22.6 Å². The summed E-state index contributed by atoms with van der Waals surface area (Å²) in [5.74, 6) is 1.36. The Hall–Kier alpha value is -2.40. The molecule has 5 nitrogen and oxygen atoms in total. The Labute approximate surface area is 151 Å². The molecule has 0 aromatic heterocycles. The summed E-state index contributed by atoms with van der Waals surface area (Å²) in [4.78, 5) is 11.2. The number of fused-ring (bicyclic) bond motifs is 1. The van der Waals surface area contributed by atoms with Crippen LogP contribution >= 0.6 is 11.6 Å². The van der Waals surface area contributed by atoms with Gasteiger partial charge in [-0.3, -0.25) is 0 Å². The van der Waals surface area contributed by atoms with Crippen LogP contribution in [0.5, 0.6) is 11.5 Å². The van der Waals surface area contributed by atoms with Crippen molar-refractivity contribution in [3.05, 3.63) is 47.0 Å². The lowest BCUT2D eigenvalue weighted by molar-refractivity contribution is 0.0996. The van der Waals surface area contributed by atoms with Gasteiger partial charge in [-0.05, 0) is 29.8 Å². The normalized spacial score (nSPS) is 18.0. The number of carboxylic acid groups (broad SMARTS) is 1. The van der Waals surface area contributed by atoms with Crippen molar-refractivity contribution in [2.45, 2.75) is 19.9 Å². The fourth-order valence-corrected chi connectivity index (χ4v) is 3.37. The van der Waals surface area contributed by atoms with E-state index in [-0.39, 0.29) is 11.5 Å². The smallest absolute Gasteiger partial charge is 0.405 e. The van der Waals surface area contributed by atoms with Crippen LogP contribution in [0.4, 0.5) is 4.79 Å². The van der Waals surface area contributed by atoms with Crippen molar-refractivity contribution >= 4 is 17.7 Å². The summed E-state index contributed by atoms with van der Waals surface area (Å²) in [7, 11) is 1.59. The van der Waals surface area contributed by atoms with Gasteiger partial charge < -0.3 is 19.9 Å². The molecule has 0 saturated heterocycles. The van der Waals surface area contributed by atoms with Gasteiger partial charge in [-0.1, -0.05) is 37.6 Å². The van der Waals surface area contributed by atoms with Gasteiger partial charge in [0.15, 0.2) is 0 Å². The van der Waals surface area contributed by atoms with E-state index in [1.165, 1.54) is 0 Å². The fourth-order valence-electron chi connectivity index (χ4n) is 3.09. The Balaban J connectivity index is 2.02. The second kappa shape index (κ2) is 6.48. The van der Waals surface area contributed by atoms with Gasteiger partial charge in [0.2, 0.25) is 0 Å². The van der Waals surface area contributed by atoms with Crippen LogP contribution in [0.15, 0.2) is 36.4 Å². The maximum atomic E-state index is 11.2. The van der Waals surface area contributed by atoms with Crippen LogP contribution < -0.4 is 14.8 Å². The van der Waals surface area contributed by atoms with Gasteiger partial charge in [-0.15, -0.1) is 0 Å². The number of hydrogen-bond acceptors (Lipinski definition) is 3. The summed E-state index contributed by atoms with van der Waals surface area (Å²) in [5.41, 5.74) is 2.25. The molecule has 1 aliphatic heterocycles. The average molecular weight is 362 g/mol. The number of amides is 1. The Kier molecular flexibility index (Phi) is 4.52. The van der Waals surface area contributed by atoms with Crippen LogP contribution in [-0.4, -0.2) is 24.9 Å². The van der Waals surface area contributed by atoms with Crippen LogP contribution in [-0.2, 0) is 0 Å². The molecule has 1 amide bonds. The molecule has 0 aliphatic carbocycles. The first kappa shape index (κ1) is 17.4. The molecule has 25 heavy (non-hydrogen) atoms. The summed E-state index contributed by atoms with van der Waals surface area (Å²) in [6.45, 7) is 4.38. The highest BCUT2D eigenvalue weighted by Gasteiger charge is 2.38. The molecule has 0 bridgehead atoms. The highest BCUT2D eigenvalue weighted by atomic mass is 35.5. The van der Waals surface area contributed by atoms with Crippen molar-refractivity contribution in [2.75, 3.05) is 13.7 Å². The van der Waals surface area contributed by atoms with Crippen molar-refractivity contribution in [2.24, 2.45) is 5.41 Å². The Morgan fingerprint density at radius 3 is 2.72 bits per heavy atom. The average Bonchev–Trinajstić information content (AvgIpc) is 2.57. The van der Waals surface area contributed by atoms with Gasteiger partial charge in [0, 0.05) is 16.5 Å². The quantitative estimate of drug-likeness (QED) is 0.828. The largest absolute Gasteiger partial charge is 0.497 e. The zero-order chi connectivity index (χ0) is 18.2. The van der Waals surface area contributed by atoms with Gasteiger partial charge in [-0.2, -0.15) is 0 Å². The minimum absolute atomic E-state index is 0.339. The number of benzene rings is 2. The van der Waals surface area contributed by atoms with Crippen molar-refractivity contribution in [1.82, 2.24) is 5.32 Å². The van der Waals surface area contributed by atoms with E-state index in [2.05, 4.69) is 5.32 Å². The van der Waals surface area contributed by atoms with Crippen molar-refractivity contribution < 1.29 is 19.4 Å². The highest BCUT2D eigenvalue weighted by molar-refractivity contribution is 6.33. The summed E-state index contributed by atoms with van der Waals surface area (Å²) in [5, 5.41) is 12.3. The molecule has 1 atom stereocenters. The minimum Gasteiger partial charge on any atom is -0.497 e. The molecule has 2 aromatic carbocycles. The lowest BCUT2D eigenvalue weighted by Gasteiger charge is -2.39. The van der Waals surface area contributed by atoms with Crippen LogP contribution in [0, 0.1) is 5.41 Å². The van der Waals surface area contributed by atoms with E-state index in [1.807, 2.05) is 44.2 Å². The van der Waals surface area contributed by atoms with Crippen LogP contribution in [0.1, 0.15) is 25.5 Å². The molecule has 132 valence electrons. The number of ether oxygens (including phenoxy) is 2. The Morgan fingerprint density at radius 1 is 1.32 bits per heavy atom. The second-order valence-electron chi connectivity index (χ2n) is 6.76. The Bertz CT molecular complexity index is 819. The van der Waals surface area contributed by atoms with Crippen molar-refractivity contribution in [1.29, 1.82) is 0 Å². The third kappa shape index (κ3) is 3.37. The summed E-state index contributed by atoms with van der Waals surface area (Å²) in [6, 6.07) is 10.9. The molecule has 1 unspecified atom stereocenters. The summed E-state index contributed by atoms with van der Waals surface area (Å²) >= 11 is 6.36. The van der Waals surface area contributed by atoms with E-state index in [0.29, 0.717) is 23.1 Å². The molecular formula is C19H20ClNO4. The molecule has 2 aromatic rings. The lowest BCUT2D eigenvalue weighted by atomic mass is 9.78. The fraction of sp³-hybridized carbons (Fsp3) is 0.316. The first-order chi connectivity index (χ1) is 11.8. The maximum Gasteiger partial charge on any atom is 0.405 e. The first-order valence-corrected chi connectivity index (χ1v) is 8.30. The number of carbonyl (C=O) groups is 1. The highest BCUT2D eigenvalue weighted by Crippen LogP contribution is 2.44. The van der Waals surface area contributed by atoms with E-state index in [4.69, 9.17) is 26.2 Å². The SMILES string of the molecule is COc1ccc(-c2ccc3c(c2)OCC(C)(C)C3NC(=O)O)c(Cl)c1. The van der Waals surface area contributed by atoms with Crippen LogP contribution in [0.3, 0.4) is 0 Å². The third-order valence-electron chi connectivity index (χ3n) is 4.46. The van der Waals surface area contributed by atoms with Crippen LogP contribution in [0.25, 0.3) is 11.1 Å². The maximum absolute atomic E-state index is 11.2. The number of hydrogen-bond donors (Lipinski definition) is 2. The predicted molar refractivity (Wildman–Crippen MR) is 96.6 cm³/mol. The molecule has 0 fully saturated rings. The van der Waals surface area contributed by atoms with Gasteiger partial charge >= 0.3 is 6.09 Å². The van der Waals surface area contributed by atoms with Gasteiger partial charge in [0.1, 0.15) is 11.5 Å². The lowest BCUT2D eigenvalue weighted by Crippen LogP contribution is -2.43. The molecule has 2 N–H and O–H groups in total. The monoisotopic (exact) mass is 361 g/mol. The molecule has 6 heteroatoms. The standard InChI is InChI=1S/C19H20ClNO4/c1-19(2)10-25-16-8-11(4-6-14(16)17(19)21-18(22)23)13-7-5-12(24-3)9-15(13)20/h4-9,17,21H,10H2,1-3H3,(H,22,23). The van der Waals surface area contributed by atoms with E-state index in [0.717, 1.165) is 16.7 Å². The predicted octanol–water partition coefficient (Wildman–Crippen LogP) is 4.74. The summed E-state index contributed by atoms with van der Waals surface area (Å²) < 4.78 is 11.1. The molecule has 3 rings (SSSR count). The zero-order valence-corrected chi connectivity index (χ0v) is 15.1. The number of nitrogens with one attached hydrogen (secondary N) is 1. The molecule has 0 spiro atoms. The van der Waals surface area contributed by atoms with E-state index in [9.17, 15) is 4.79 Å². The number of methoxy groups -OCH3 is 1. The van der Waals surface area contributed by atoms with E-state index < -0.39 is 6.09 Å². The van der Waals surface area contributed by atoms with Gasteiger partial charge in [0.25, 0.3) is 0 Å². The molecule has 1 heterocycles. The summed E-state index contributed by atoms with van der Waals surface area (Å²) in [6.07, 6.45) is -1.05. The number of rotatable bonds is 3. The minimum atomic E-state index is -1.05. The number of halogens is 1. The van der Waals surface area contributed by atoms with Gasteiger partial charge in [-0.25, -0.2) is 4.79 Å². The third-order valence-corrected chi connectivity index (χ3v) is 4.77. The Morgan fingerprint density at radius 2 is 2.08 bits per heavy atom. The molecular weight excluding hydrogens is 342 g/mol. The first-order valence-electron chi connectivity index (χ1n) is 7.92. The van der Waals surface area contributed by atoms with Gasteiger partial charge in [0.05, 0.1) is 24.8 Å².